The predicted molar refractivity (Wildman–Crippen MR) is 344 cm³/mol. The molecule has 0 spiro atoms. The Balaban J connectivity index is 4.93. The molecule has 0 saturated carbocycles. The number of amides is 1. The van der Waals surface area contributed by atoms with Gasteiger partial charge < -0.3 is 28.5 Å². The van der Waals surface area contributed by atoms with Crippen LogP contribution in [0.25, 0.3) is 0 Å². The van der Waals surface area contributed by atoms with Crippen molar-refractivity contribution >= 4 is 19.7 Å². The van der Waals surface area contributed by atoms with E-state index in [1.807, 2.05) is 33.3 Å². The molecule has 0 aromatic carbocycles. The van der Waals surface area contributed by atoms with E-state index in [-0.39, 0.29) is 31.5 Å². The molecule has 0 bridgehead atoms. The standard InChI is InChI=1S/C70H139N2O7P/c1-7-10-13-16-19-22-25-28-30-31-32-33-34-35-36-37-38-39-40-41-43-45-48-51-54-57-60-63-70(74)79-68(61-58-55-52-49-46-27-24-21-18-15-12-9-3)67(66-78-80(75,76)77-65-64-72(4,5)6)71-69(73)62-59-56-53-50-47-44-42-29-26-23-20-17-14-11-8-2/h58,61,67-68H,7-57,59-60,62-66H2,1-6H3,(H-,71,73,75,76)/b61-58-. The van der Waals surface area contributed by atoms with Crippen LogP contribution in [0.4, 0.5) is 0 Å². The van der Waals surface area contributed by atoms with Crippen molar-refractivity contribution in [2.45, 2.75) is 386 Å². The highest BCUT2D eigenvalue weighted by atomic mass is 31.2. The molecule has 0 fully saturated rings. The van der Waals surface area contributed by atoms with Gasteiger partial charge in [-0.25, -0.2) is 0 Å². The van der Waals surface area contributed by atoms with Gasteiger partial charge in [-0.3, -0.25) is 14.2 Å². The third-order valence-corrected chi connectivity index (χ3v) is 17.4. The number of esters is 1. The maximum Gasteiger partial charge on any atom is 0.306 e. The molecule has 0 radical (unpaired) electrons. The fourth-order valence-corrected chi connectivity index (χ4v) is 11.7. The fraction of sp³-hybridized carbons (Fsp3) is 0.943. The molecule has 0 aliphatic rings. The van der Waals surface area contributed by atoms with Crippen molar-refractivity contribution in [1.29, 1.82) is 0 Å². The van der Waals surface area contributed by atoms with Gasteiger partial charge in [-0.2, -0.15) is 0 Å². The van der Waals surface area contributed by atoms with Crippen molar-refractivity contribution in [2.75, 3.05) is 40.9 Å². The second kappa shape index (κ2) is 60.9. The first-order valence-electron chi connectivity index (χ1n) is 35.5. The van der Waals surface area contributed by atoms with Gasteiger partial charge in [-0.15, -0.1) is 0 Å². The van der Waals surface area contributed by atoms with E-state index >= 15 is 0 Å². The number of ether oxygens (including phenoxy) is 1. The Morgan fingerprint density at radius 2 is 0.713 bits per heavy atom. The van der Waals surface area contributed by atoms with E-state index < -0.39 is 20.0 Å². The van der Waals surface area contributed by atoms with Gasteiger partial charge in [0, 0.05) is 12.8 Å². The van der Waals surface area contributed by atoms with Crippen LogP contribution in [-0.2, 0) is 27.9 Å². The minimum Gasteiger partial charge on any atom is -0.756 e. The van der Waals surface area contributed by atoms with E-state index in [4.69, 9.17) is 13.8 Å². The Labute approximate surface area is 499 Å². The molecule has 0 aliphatic carbocycles. The van der Waals surface area contributed by atoms with Crippen LogP contribution in [0.3, 0.4) is 0 Å². The fourth-order valence-electron chi connectivity index (χ4n) is 11.0. The Bertz CT molecular complexity index is 1370. The van der Waals surface area contributed by atoms with Gasteiger partial charge in [-0.1, -0.05) is 341 Å². The number of quaternary nitrogens is 1. The van der Waals surface area contributed by atoms with Crippen molar-refractivity contribution < 1.29 is 37.3 Å². The number of phosphoric ester groups is 1. The quantitative estimate of drug-likeness (QED) is 0.0212. The summed E-state index contributed by atoms with van der Waals surface area (Å²) in [5.74, 6) is -0.515. The number of allylic oxidation sites excluding steroid dienone is 1. The predicted octanol–water partition coefficient (Wildman–Crippen LogP) is 21.7. The molecule has 476 valence electrons. The number of hydrogen-bond acceptors (Lipinski definition) is 7. The highest BCUT2D eigenvalue weighted by Crippen LogP contribution is 2.38. The van der Waals surface area contributed by atoms with Gasteiger partial charge >= 0.3 is 5.97 Å². The van der Waals surface area contributed by atoms with Gasteiger partial charge in [0.2, 0.25) is 5.91 Å². The summed E-state index contributed by atoms with van der Waals surface area (Å²) < 4.78 is 30.4. The Hall–Kier alpha value is -1.25. The van der Waals surface area contributed by atoms with E-state index in [1.165, 1.54) is 283 Å². The minimum atomic E-state index is -4.69. The van der Waals surface area contributed by atoms with Crippen LogP contribution in [-0.4, -0.2) is 69.4 Å². The number of carbonyl (C=O) groups excluding carboxylic acids is 2. The number of nitrogens with zero attached hydrogens (tertiary/aromatic N) is 1. The molecule has 0 aromatic rings. The molecule has 10 heteroatoms. The van der Waals surface area contributed by atoms with E-state index in [1.54, 1.807) is 0 Å². The molecule has 0 heterocycles. The molecule has 0 rings (SSSR count). The minimum absolute atomic E-state index is 0.0165. The first kappa shape index (κ1) is 78.8. The molecule has 0 saturated heterocycles. The topological polar surface area (TPSA) is 114 Å². The summed E-state index contributed by atoms with van der Waals surface area (Å²) in [5, 5.41) is 3.05. The Morgan fingerprint density at radius 1 is 0.425 bits per heavy atom. The molecule has 3 atom stereocenters. The average Bonchev–Trinajstić information content (AvgIpc) is 3.42. The highest BCUT2D eigenvalue weighted by Gasteiger charge is 2.27. The third-order valence-electron chi connectivity index (χ3n) is 16.5. The Morgan fingerprint density at radius 3 is 1.02 bits per heavy atom. The zero-order valence-electron chi connectivity index (χ0n) is 54.6. The van der Waals surface area contributed by atoms with Gasteiger partial charge in [0.15, 0.2) is 0 Å². The normalized spacial score (nSPS) is 13.5. The van der Waals surface area contributed by atoms with Crippen LogP contribution in [0.1, 0.15) is 374 Å². The van der Waals surface area contributed by atoms with Crippen molar-refractivity contribution in [1.82, 2.24) is 5.32 Å². The van der Waals surface area contributed by atoms with Crippen LogP contribution in [0.2, 0.25) is 0 Å². The summed E-state index contributed by atoms with van der Waals surface area (Å²) in [6, 6.07) is -0.880. The van der Waals surface area contributed by atoms with Crippen molar-refractivity contribution in [2.24, 2.45) is 0 Å². The molecule has 1 amide bonds. The second-order valence-corrected chi connectivity index (χ2v) is 27.2. The number of rotatable bonds is 66. The number of likely N-dealkylation sites (N-methyl/N-ethyl adjacent to an activating group) is 1. The number of hydrogen-bond donors (Lipinski definition) is 1. The molecular formula is C70H139N2O7P. The second-order valence-electron chi connectivity index (χ2n) is 25.8. The van der Waals surface area contributed by atoms with Crippen molar-refractivity contribution in [3.63, 3.8) is 0 Å². The van der Waals surface area contributed by atoms with Gasteiger partial charge in [-0.05, 0) is 31.8 Å². The zero-order valence-corrected chi connectivity index (χ0v) is 55.5. The lowest BCUT2D eigenvalue weighted by atomic mass is 10.0. The van der Waals surface area contributed by atoms with Crippen molar-refractivity contribution in [3.8, 4) is 0 Å². The van der Waals surface area contributed by atoms with Gasteiger partial charge in [0.1, 0.15) is 19.3 Å². The lowest BCUT2D eigenvalue weighted by Gasteiger charge is -2.30. The first-order chi connectivity index (χ1) is 38.9. The summed E-state index contributed by atoms with van der Waals surface area (Å²) in [6.07, 6.45) is 72.0. The molecule has 3 unspecified atom stereocenters. The third kappa shape index (κ3) is 61.3. The van der Waals surface area contributed by atoms with Crippen molar-refractivity contribution in [3.05, 3.63) is 12.2 Å². The lowest BCUT2D eigenvalue weighted by Crippen LogP contribution is -2.47. The van der Waals surface area contributed by atoms with E-state index in [0.717, 1.165) is 57.8 Å². The molecule has 80 heavy (non-hydrogen) atoms. The Kier molecular flexibility index (Phi) is 59.9. The first-order valence-corrected chi connectivity index (χ1v) is 37.0. The summed E-state index contributed by atoms with van der Waals surface area (Å²) in [6.45, 7) is 6.91. The van der Waals surface area contributed by atoms with E-state index in [2.05, 4.69) is 26.1 Å². The van der Waals surface area contributed by atoms with Crippen LogP contribution < -0.4 is 10.2 Å². The van der Waals surface area contributed by atoms with Gasteiger partial charge in [0.25, 0.3) is 7.82 Å². The summed E-state index contributed by atoms with van der Waals surface area (Å²) in [7, 11) is 1.21. The van der Waals surface area contributed by atoms with E-state index in [0.29, 0.717) is 17.4 Å². The molecule has 9 nitrogen and oxygen atoms in total. The average molecular weight is 1150 g/mol. The molecular weight excluding hydrogens is 1010 g/mol. The van der Waals surface area contributed by atoms with Crippen LogP contribution in [0.15, 0.2) is 12.2 Å². The smallest absolute Gasteiger partial charge is 0.306 e. The lowest BCUT2D eigenvalue weighted by molar-refractivity contribution is -0.870. The largest absolute Gasteiger partial charge is 0.756 e. The van der Waals surface area contributed by atoms with E-state index in [9.17, 15) is 19.0 Å². The maximum absolute atomic E-state index is 13.6. The molecule has 1 N–H and O–H groups in total. The summed E-state index contributed by atoms with van der Waals surface area (Å²) >= 11 is 0. The molecule has 0 aromatic heterocycles. The maximum atomic E-state index is 13.6. The number of nitrogens with one attached hydrogen (secondary N) is 1. The molecule has 0 aliphatic heterocycles. The SMILES string of the molecule is CCCCCCCCCCCC/C=C\C(OC(=O)CCCCCCCCCCCCCCCCCCCCCCCCCCCCC)C(COP(=O)([O-])OCC[N+](C)(C)C)NC(=O)CCCCCCCCCCCCCCCCC. The van der Waals surface area contributed by atoms with Gasteiger partial charge in [0.05, 0.1) is 33.8 Å². The van der Waals surface area contributed by atoms with Crippen LogP contribution in [0, 0.1) is 0 Å². The number of unbranched alkanes of at least 4 members (excludes halogenated alkanes) is 50. The zero-order chi connectivity index (χ0) is 58.6. The number of phosphoric acid groups is 1. The number of carbonyl (C=O) groups is 2. The van der Waals surface area contributed by atoms with Crippen LogP contribution >= 0.6 is 7.82 Å². The highest BCUT2D eigenvalue weighted by molar-refractivity contribution is 7.45. The van der Waals surface area contributed by atoms with Crippen LogP contribution in [0.5, 0.6) is 0 Å². The summed E-state index contributed by atoms with van der Waals surface area (Å²) in [5.41, 5.74) is 0. The monoisotopic (exact) mass is 1150 g/mol. The summed E-state index contributed by atoms with van der Waals surface area (Å²) in [4.78, 5) is 40.1.